The van der Waals surface area contributed by atoms with E-state index in [2.05, 4.69) is 0 Å². The zero-order chi connectivity index (χ0) is 13.8. The molecule has 98 valence electrons. The quantitative estimate of drug-likeness (QED) is 0.655. The molecule has 5 nitrogen and oxygen atoms in total. The number of rotatable bonds is 4. The zero-order valence-corrected chi connectivity index (χ0v) is 10.2. The van der Waals surface area contributed by atoms with Crippen LogP contribution in [0.25, 0.3) is 6.08 Å². The van der Waals surface area contributed by atoms with Crippen LogP contribution in [0.1, 0.15) is 24.0 Å². The van der Waals surface area contributed by atoms with Crippen LogP contribution in [-0.2, 0) is 20.9 Å². The molecule has 1 heterocycles. The molecular formula is C14H13NO4. The first-order chi connectivity index (χ1) is 9.06. The maximum Gasteiger partial charge on any atom is 0.328 e. The summed E-state index contributed by atoms with van der Waals surface area (Å²) < 4.78 is 0. The Kier molecular flexibility index (Phi) is 3.75. The van der Waals surface area contributed by atoms with Crippen LogP contribution in [0.4, 0.5) is 0 Å². The molecule has 0 radical (unpaired) electrons. The van der Waals surface area contributed by atoms with Crippen molar-refractivity contribution in [2.45, 2.75) is 19.4 Å². The molecule has 1 aromatic rings. The van der Waals surface area contributed by atoms with Gasteiger partial charge in [0.25, 0.3) is 0 Å². The SMILES string of the molecule is O=C(O)C=Cc1ccc(CN2C(=O)CCC2=O)cc1. The number of benzene rings is 1. The molecule has 1 aliphatic rings. The number of imide groups is 1. The number of carboxylic acids is 1. The van der Waals surface area contributed by atoms with Crippen molar-refractivity contribution in [1.29, 1.82) is 0 Å². The predicted molar refractivity (Wildman–Crippen MR) is 67.9 cm³/mol. The van der Waals surface area contributed by atoms with Gasteiger partial charge in [0, 0.05) is 18.9 Å². The molecule has 1 N–H and O–H groups in total. The highest BCUT2D eigenvalue weighted by Crippen LogP contribution is 2.16. The summed E-state index contributed by atoms with van der Waals surface area (Å²) in [7, 11) is 0. The number of carboxylic acid groups (broad SMARTS) is 1. The summed E-state index contributed by atoms with van der Waals surface area (Å²) in [6.45, 7) is 0.278. The lowest BCUT2D eigenvalue weighted by Crippen LogP contribution is -2.28. The third-order valence-corrected chi connectivity index (χ3v) is 2.89. The van der Waals surface area contributed by atoms with Crippen molar-refractivity contribution < 1.29 is 19.5 Å². The fourth-order valence-electron chi connectivity index (χ4n) is 1.88. The first-order valence-corrected chi connectivity index (χ1v) is 5.89. The van der Waals surface area contributed by atoms with Crippen molar-refractivity contribution in [2.75, 3.05) is 0 Å². The second-order valence-corrected chi connectivity index (χ2v) is 4.29. The molecule has 0 unspecified atom stereocenters. The van der Waals surface area contributed by atoms with Gasteiger partial charge in [-0.05, 0) is 17.2 Å². The molecule has 19 heavy (non-hydrogen) atoms. The van der Waals surface area contributed by atoms with Gasteiger partial charge in [0.05, 0.1) is 6.54 Å². The molecule has 2 amide bonds. The normalized spacial score (nSPS) is 15.5. The van der Waals surface area contributed by atoms with Gasteiger partial charge in [-0.25, -0.2) is 4.79 Å². The van der Waals surface area contributed by atoms with Crippen molar-refractivity contribution in [3.63, 3.8) is 0 Å². The van der Waals surface area contributed by atoms with Gasteiger partial charge < -0.3 is 5.11 Å². The Morgan fingerprint density at radius 1 is 1.16 bits per heavy atom. The smallest absolute Gasteiger partial charge is 0.328 e. The average Bonchev–Trinajstić information content (AvgIpc) is 2.70. The number of aliphatic carboxylic acids is 1. The Morgan fingerprint density at radius 3 is 2.26 bits per heavy atom. The lowest BCUT2D eigenvalue weighted by Gasteiger charge is -2.13. The number of nitrogens with zero attached hydrogens (tertiary/aromatic N) is 1. The van der Waals surface area contributed by atoms with Gasteiger partial charge in [-0.15, -0.1) is 0 Å². The fourth-order valence-corrected chi connectivity index (χ4v) is 1.88. The highest BCUT2D eigenvalue weighted by atomic mass is 16.4. The Bertz CT molecular complexity index is 529. The third-order valence-electron chi connectivity index (χ3n) is 2.89. The molecule has 0 saturated carbocycles. The van der Waals surface area contributed by atoms with E-state index in [9.17, 15) is 14.4 Å². The second kappa shape index (κ2) is 5.48. The minimum atomic E-state index is -1.00. The van der Waals surface area contributed by atoms with Gasteiger partial charge in [0.1, 0.15) is 0 Å². The van der Waals surface area contributed by atoms with Gasteiger partial charge in [0.15, 0.2) is 0 Å². The van der Waals surface area contributed by atoms with Crippen LogP contribution in [-0.4, -0.2) is 27.8 Å². The van der Waals surface area contributed by atoms with Gasteiger partial charge in [-0.2, -0.15) is 0 Å². The Morgan fingerprint density at radius 2 is 1.74 bits per heavy atom. The van der Waals surface area contributed by atoms with Crippen molar-refractivity contribution in [3.05, 3.63) is 41.5 Å². The molecule has 2 rings (SSSR count). The monoisotopic (exact) mass is 259 g/mol. The lowest BCUT2D eigenvalue weighted by molar-refractivity contribution is -0.139. The fraction of sp³-hybridized carbons (Fsp3) is 0.214. The van der Waals surface area contributed by atoms with Crippen LogP contribution in [0.3, 0.4) is 0 Å². The predicted octanol–water partition coefficient (Wildman–Crippen LogP) is 1.43. The molecule has 0 aromatic heterocycles. The third kappa shape index (κ3) is 3.28. The van der Waals surface area contributed by atoms with Crippen molar-refractivity contribution in [3.8, 4) is 0 Å². The van der Waals surface area contributed by atoms with Crippen molar-refractivity contribution >= 4 is 23.9 Å². The molecule has 0 bridgehead atoms. The van der Waals surface area contributed by atoms with Crippen LogP contribution in [0.15, 0.2) is 30.3 Å². The molecule has 0 atom stereocenters. The molecule has 1 saturated heterocycles. The summed E-state index contributed by atoms with van der Waals surface area (Å²) in [5.41, 5.74) is 1.60. The minimum Gasteiger partial charge on any atom is -0.478 e. The van der Waals surface area contributed by atoms with E-state index < -0.39 is 5.97 Å². The Hall–Kier alpha value is -2.43. The minimum absolute atomic E-state index is 0.139. The van der Waals surface area contributed by atoms with Gasteiger partial charge in [-0.3, -0.25) is 14.5 Å². The summed E-state index contributed by atoms with van der Waals surface area (Å²) in [5, 5.41) is 8.51. The molecule has 1 aromatic carbocycles. The van der Waals surface area contributed by atoms with E-state index in [0.29, 0.717) is 0 Å². The number of hydrogen-bond acceptors (Lipinski definition) is 3. The second-order valence-electron chi connectivity index (χ2n) is 4.29. The van der Waals surface area contributed by atoms with Crippen molar-refractivity contribution in [2.24, 2.45) is 0 Å². The molecule has 1 aliphatic heterocycles. The largest absolute Gasteiger partial charge is 0.478 e. The number of likely N-dealkylation sites (tertiary alicyclic amines) is 1. The van der Waals surface area contributed by atoms with Crippen LogP contribution in [0.2, 0.25) is 0 Å². The maximum atomic E-state index is 11.5. The topological polar surface area (TPSA) is 74.7 Å². The highest BCUT2D eigenvalue weighted by Gasteiger charge is 2.28. The van der Waals surface area contributed by atoms with Gasteiger partial charge >= 0.3 is 5.97 Å². The van der Waals surface area contributed by atoms with Crippen molar-refractivity contribution in [1.82, 2.24) is 4.90 Å². The summed E-state index contributed by atoms with van der Waals surface area (Å²) in [4.78, 5) is 34.5. The summed E-state index contributed by atoms with van der Waals surface area (Å²) in [6, 6.07) is 7.06. The summed E-state index contributed by atoms with van der Waals surface area (Å²) in [5.74, 6) is -1.28. The van der Waals surface area contributed by atoms with E-state index in [4.69, 9.17) is 5.11 Å². The maximum absolute atomic E-state index is 11.5. The highest BCUT2D eigenvalue weighted by molar-refractivity contribution is 6.01. The molecule has 0 spiro atoms. The van der Waals surface area contributed by atoms with Crippen LogP contribution < -0.4 is 0 Å². The van der Waals surface area contributed by atoms with Crippen LogP contribution >= 0.6 is 0 Å². The number of carbonyl (C=O) groups excluding carboxylic acids is 2. The van der Waals surface area contributed by atoms with Gasteiger partial charge in [-0.1, -0.05) is 24.3 Å². The first kappa shape index (κ1) is 13.0. The summed E-state index contributed by atoms with van der Waals surface area (Å²) in [6.07, 6.45) is 3.12. The standard InChI is InChI=1S/C14H13NO4/c16-12-6-7-13(17)15(12)9-11-3-1-10(2-4-11)5-8-14(18)19/h1-5,8H,6-7,9H2,(H,18,19). The first-order valence-electron chi connectivity index (χ1n) is 5.89. The zero-order valence-electron chi connectivity index (χ0n) is 10.2. The Balaban J connectivity index is 2.04. The molecule has 1 fully saturated rings. The summed E-state index contributed by atoms with van der Waals surface area (Å²) >= 11 is 0. The molecular weight excluding hydrogens is 246 g/mol. The van der Waals surface area contributed by atoms with E-state index in [1.54, 1.807) is 24.3 Å². The number of amides is 2. The van der Waals surface area contributed by atoms with E-state index in [0.717, 1.165) is 17.2 Å². The van der Waals surface area contributed by atoms with E-state index >= 15 is 0 Å². The van der Waals surface area contributed by atoms with Crippen LogP contribution in [0.5, 0.6) is 0 Å². The van der Waals surface area contributed by atoms with E-state index in [-0.39, 0.29) is 31.2 Å². The average molecular weight is 259 g/mol. The molecule has 5 heteroatoms. The number of carbonyl (C=O) groups is 3. The molecule has 0 aliphatic carbocycles. The number of hydrogen-bond donors (Lipinski definition) is 1. The van der Waals surface area contributed by atoms with Gasteiger partial charge in [0.2, 0.25) is 11.8 Å². The Labute approximate surface area is 110 Å². The lowest BCUT2D eigenvalue weighted by atomic mass is 10.1. The van der Waals surface area contributed by atoms with E-state index in [1.165, 1.54) is 11.0 Å². The van der Waals surface area contributed by atoms with E-state index in [1.807, 2.05) is 0 Å². The van der Waals surface area contributed by atoms with Crippen LogP contribution in [0, 0.1) is 0 Å².